The largest absolute Gasteiger partial charge is 0.497 e. The van der Waals surface area contributed by atoms with E-state index in [1.807, 2.05) is 28.9 Å². The first-order valence-corrected chi connectivity index (χ1v) is 15.9. The van der Waals surface area contributed by atoms with E-state index in [-0.39, 0.29) is 10.8 Å². The van der Waals surface area contributed by atoms with E-state index in [9.17, 15) is 0 Å². The van der Waals surface area contributed by atoms with Crippen molar-refractivity contribution in [1.82, 2.24) is 14.8 Å². The second-order valence-corrected chi connectivity index (χ2v) is 14.3. The number of nitrogens with zero attached hydrogens (tertiary/aromatic N) is 2. The smallest absolute Gasteiger partial charge is 0.124 e. The molecule has 5 nitrogen and oxygen atoms in total. The van der Waals surface area contributed by atoms with Gasteiger partial charge in [0.1, 0.15) is 17.2 Å². The van der Waals surface area contributed by atoms with E-state index in [4.69, 9.17) is 14.6 Å². The molecule has 0 atom stereocenters. The molecule has 0 unspecified atom stereocenters. The number of hydrogen-bond donors (Lipinski definition) is 1. The number of hydrogen-bond acceptors (Lipinski definition) is 3. The van der Waals surface area contributed by atoms with Gasteiger partial charge in [-0.2, -0.15) is 5.10 Å². The maximum atomic E-state index is 5.57. The molecule has 0 amide bonds. The van der Waals surface area contributed by atoms with Crippen molar-refractivity contribution in [3.05, 3.63) is 108 Å². The minimum absolute atomic E-state index is 0.0337. The van der Waals surface area contributed by atoms with Gasteiger partial charge < -0.3 is 14.5 Å². The van der Waals surface area contributed by atoms with Crippen molar-refractivity contribution in [2.45, 2.75) is 52.4 Å². The standard InChI is InChI=1S/C41H41N3O2/c1-40(2,3)27-15-16-32-26(20-27)19-25-13-14-28(41(4,5)6)21-34(25)38(32)35-17-18-36(42-35)39-33-11-9-10-12-37(33)44(43-39)29-22-30(45-7)24-31(23-29)46-8/h9-24,42H,1-8H3. The monoisotopic (exact) mass is 607 g/mol. The molecule has 0 radical (unpaired) electrons. The maximum Gasteiger partial charge on any atom is 0.124 e. The van der Waals surface area contributed by atoms with E-state index < -0.39 is 0 Å². The summed E-state index contributed by atoms with van der Waals surface area (Å²) in [4.78, 5) is 3.81. The molecule has 0 saturated carbocycles. The van der Waals surface area contributed by atoms with Crippen LogP contribution in [-0.4, -0.2) is 29.0 Å². The van der Waals surface area contributed by atoms with Crippen LogP contribution in [0.15, 0.2) is 97.1 Å². The summed E-state index contributed by atoms with van der Waals surface area (Å²) in [5, 5.41) is 11.2. The van der Waals surface area contributed by atoms with E-state index in [0.717, 1.165) is 33.7 Å². The fourth-order valence-electron chi connectivity index (χ4n) is 6.40. The van der Waals surface area contributed by atoms with Crippen molar-refractivity contribution in [1.29, 1.82) is 0 Å². The molecule has 1 N–H and O–H groups in total. The lowest BCUT2D eigenvalue weighted by Crippen LogP contribution is -2.11. The lowest BCUT2D eigenvalue weighted by Gasteiger charge is -2.22. The van der Waals surface area contributed by atoms with Gasteiger partial charge in [0.2, 0.25) is 0 Å². The van der Waals surface area contributed by atoms with Crippen molar-refractivity contribution in [2.75, 3.05) is 14.2 Å². The molecule has 46 heavy (non-hydrogen) atoms. The Bertz CT molecular complexity index is 2230. The Labute approximate surface area is 270 Å². The van der Waals surface area contributed by atoms with Crippen molar-refractivity contribution in [3.63, 3.8) is 0 Å². The summed E-state index contributed by atoms with van der Waals surface area (Å²) in [6.07, 6.45) is 0. The maximum absolute atomic E-state index is 5.57. The van der Waals surface area contributed by atoms with Crippen LogP contribution in [0, 0.1) is 0 Å². The summed E-state index contributed by atoms with van der Waals surface area (Å²) < 4.78 is 13.1. The number of aromatic nitrogens is 3. The van der Waals surface area contributed by atoms with Crippen molar-refractivity contribution in [3.8, 4) is 39.8 Å². The Balaban J connectivity index is 1.45. The first-order valence-electron chi connectivity index (χ1n) is 15.9. The molecule has 0 bridgehead atoms. The molecule has 5 aromatic carbocycles. The molecule has 0 aliphatic rings. The minimum Gasteiger partial charge on any atom is -0.497 e. The first kappa shape index (κ1) is 29.7. The molecule has 7 aromatic rings. The summed E-state index contributed by atoms with van der Waals surface area (Å²) in [6.45, 7) is 13.6. The molecule has 5 heteroatoms. The number of methoxy groups -OCH3 is 2. The highest BCUT2D eigenvalue weighted by Gasteiger charge is 2.21. The predicted molar refractivity (Wildman–Crippen MR) is 192 cm³/mol. The average molecular weight is 608 g/mol. The zero-order valence-electron chi connectivity index (χ0n) is 27.9. The third-order valence-corrected chi connectivity index (χ3v) is 9.07. The Hall–Kier alpha value is -5.03. The van der Waals surface area contributed by atoms with Crippen LogP contribution in [0.2, 0.25) is 0 Å². The molecule has 7 rings (SSSR count). The summed E-state index contributed by atoms with van der Waals surface area (Å²) in [7, 11) is 3.33. The van der Waals surface area contributed by atoms with Crippen LogP contribution >= 0.6 is 0 Å². The van der Waals surface area contributed by atoms with Gasteiger partial charge in [-0.3, -0.25) is 0 Å². The Morgan fingerprint density at radius 3 is 1.93 bits per heavy atom. The van der Waals surface area contributed by atoms with Crippen LogP contribution in [0.5, 0.6) is 11.5 Å². The second-order valence-electron chi connectivity index (χ2n) is 14.3. The zero-order chi connectivity index (χ0) is 32.4. The van der Waals surface area contributed by atoms with E-state index >= 15 is 0 Å². The first-order chi connectivity index (χ1) is 21.9. The molecule has 232 valence electrons. The quantitative estimate of drug-likeness (QED) is 0.198. The molecule has 2 heterocycles. The number of nitrogens with one attached hydrogen (secondary N) is 1. The topological polar surface area (TPSA) is 52.1 Å². The second kappa shape index (κ2) is 10.8. The number of aromatic amines is 1. The van der Waals surface area contributed by atoms with Crippen LogP contribution in [0.3, 0.4) is 0 Å². The molecular weight excluding hydrogens is 566 g/mol. The van der Waals surface area contributed by atoms with Gasteiger partial charge in [-0.15, -0.1) is 0 Å². The third kappa shape index (κ3) is 5.10. The van der Waals surface area contributed by atoms with Crippen molar-refractivity contribution < 1.29 is 9.47 Å². The van der Waals surface area contributed by atoms with E-state index in [0.29, 0.717) is 11.5 Å². The molecular formula is C41H41N3O2. The molecule has 0 aliphatic carbocycles. The van der Waals surface area contributed by atoms with Crippen LogP contribution in [0.1, 0.15) is 52.7 Å². The Morgan fingerprint density at radius 1 is 0.587 bits per heavy atom. The van der Waals surface area contributed by atoms with Crippen LogP contribution in [0.4, 0.5) is 0 Å². The van der Waals surface area contributed by atoms with Gasteiger partial charge in [-0.05, 0) is 73.8 Å². The lowest BCUT2D eigenvalue weighted by molar-refractivity contribution is 0.394. The average Bonchev–Trinajstić information content (AvgIpc) is 3.67. The van der Waals surface area contributed by atoms with Gasteiger partial charge in [0.25, 0.3) is 0 Å². The van der Waals surface area contributed by atoms with Crippen LogP contribution in [-0.2, 0) is 10.8 Å². The van der Waals surface area contributed by atoms with E-state index in [2.05, 4.69) is 119 Å². The van der Waals surface area contributed by atoms with Crippen molar-refractivity contribution >= 4 is 32.4 Å². The number of rotatable bonds is 5. The molecule has 0 aliphatic heterocycles. The molecule has 0 spiro atoms. The van der Waals surface area contributed by atoms with E-state index in [1.54, 1.807) is 14.2 Å². The SMILES string of the molecule is COc1cc(OC)cc(-n2nc(-c3ccc(-c4c5ccc(C(C)(C)C)cc5cc5ccc(C(C)(C)C)cc45)[nH]3)c3ccccc32)c1. The number of fused-ring (bicyclic) bond motifs is 3. The van der Waals surface area contributed by atoms with Crippen molar-refractivity contribution in [2.24, 2.45) is 0 Å². The number of H-pyrrole nitrogens is 1. The van der Waals surface area contributed by atoms with Gasteiger partial charge in [0.15, 0.2) is 0 Å². The van der Waals surface area contributed by atoms with Gasteiger partial charge in [0, 0.05) is 34.8 Å². The predicted octanol–water partition coefficient (Wildman–Crippen LogP) is 10.6. The van der Waals surface area contributed by atoms with Crippen LogP contribution < -0.4 is 9.47 Å². The lowest BCUT2D eigenvalue weighted by atomic mass is 9.82. The highest BCUT2D eigenvalue weighted by molar-refractivity contribution is 6.12. The summed E-state index contributed by atoms with van der Waals surface area (Å²) in [5.41, 5.74) is 8.75. The molecule has 0 fully saturated rings. The van der Waals surface area contributed by atoms with Gasteiger partial charge >= 0.3 is 0 Å². The van der Waals surface area contributed by atoms with Gasteiger partial charge in [-0.25, -0.2) is 4.68 Å². The Morgan fingerprint density at radius 2 is 1.24 bits per heavy atom. The third-order valence-electron chi connectivity index (χ3n) is 9.07. The van der Waals surface area contributed by atoms with Crippen LogP contribution in [0.25, 0.3) is 60.8 Å². The van der Waals surface area contributed by atoms with Gasteiger partial charge in [0.05, 0.1) is 31.1 Å². The highest BCUT2D eigenvalue weighted by atomic mass is 16.5. The molecule has 2 aromatic heterocycles. The number of benzene rings is 5. The highest BCUT2D eigenvalue weighted by Crippen LogP contribution is 2.41. The fraction of sp³-hybridized carbons (Fsp3) is 0.244. The number of para-hydroxylation sites is 1. The summed E-state index contributed by atoms with van der Waals surface area (Å²) in [6, 6.07) is 34.7. The summed E-state index contributed by atoms with van der Waals surface area (Å²) in [5.74, 6) is 1.43. The Kier molecular flexibility index (Phi) is 6.97. The fourth-order valence-corrected chi connectivity index (χ4v) is 6.40. The molecule has 0 saturated heterocycles. The summed E-state index contributed by atoms with van der Waals surface area (Å²) >= 11 is 0. The minimum atomic E-state index is 0.0337. The number of ether oxygens (including phenoxy) is 2. The van der Waals surface area contributed by atoms with Gasteiger partial charge in [-0.1, -0.05) is 90.1 Å². The van der Waals surface area contributed by atoms with E-state index in [1.165, 1.54) is 38.2 Å². The zero-order valence-corrected chi connectivity index (χ0v) is 27.9. The normalized spacial score (nSPS) is 12.3.